The van der Waals surface area contributed by atoms with Crippen LogP contribution in [0.25, 0.3) is 0 Å². The molecule has 1 fully saturated rings. The minimum Gasteiger partial charge on any atom is -0.316 e. The highest BCUT2D eigenvalue weighted by Gasteiger charge is 2.30. The monoisotopic (exact) mass is 251 g/mol. The molecule has 0 spiro atoms. The molecule has 3 rings (SSSR count). The summed E-state index contributed by atoms with van der Waals surface area (Å²) in [7, 11) is 0. The fourth-order valence-corrected chi connectivity index (χ4v) is 2.10. The van der Waals surface area contributed by atoms with Crippen molar-refractivity contribution in [3.05, 3.63) is 42.5 Å². The Morgan fingerprint density at radius 1 is 1.24 bits per heavy atom. The Labute approximate surface area is 106 Å². The van der Waals surface area contributed by atoms with Gasteiger partial charge in [-0.1, -0.05) is 5.21 Å². The van der Waals surface area contributed by atoms with Crippen molar-refractivity contribution in [3.63, 3.8) is 0 Å². The molecule has 1 saturated heterocycles. The first kappa shape index (κ1) is 12.0. The summed E-state index contributed by atoms with van der Waals surface area (Å²) >= 11 is 0. The lowest BCUT2D eigenvalue weighted by molar-refractivity contribution is 0.250. The zero-order chi connectivity index (χ0) is 10.8. The van der Waals surface area contributed by atoms with E-state index in [9.17, 15) is 0 Å². The third-order valence-corrected chi connectivity index (χ3v) is 3.03. The maximum absolute atomic E-state index is 4.11. The summed E-state index contributed by atoms with van der Waals surface area (Å²) in [6, 6.07) is 4.36. The first-order valence-corrected chi connectivity index (χ1v) is 5.41. The number of rotatable bonds is 3. The van der Waals surface area contributed by atoms with Crippen molar-refractivity contribution in [2.24, 2.45) is 5.92 Å². The van der Waals surface area contributed by atoms with Gasteiger partial charge in [-0.2, -0.15) is 0 Å². The molecule has 0 radical (unpaired) electrons. The zero-order valence-electron chi connectivity index (χ0n) is 9.23. The highest BCUT2D eigenvalue weighted by Crippen LogP contribution is 2.27. The number of halogens is 1. The molecule has 0 saturated carbocycles. The van der Waals surface area contributed by atoms with Gasteiger partial charge in [-0.25, -0.2) is 4.68 Å². The minimum absolute atomic E-state index is 0. The van der Waals surface area contributed by atoms with E-state index in [0.29, 0.717) is 5.92 Å². The Hall–Kier alpha value is -1.46. The minimum atomic E-state index is 0. The average molecular weight is 252 g/mol. The summed E-state index contributed by atoms with van der Waals surface area (Å²) in [6.07, 6.45) is 7.29. The van der Waals surface area contributed by atoms with E-state index in [1.807, 2.05) is 35.4 Å². The van der Waals surface area contributed by atoms with Crippen molar-refractivity contribution in [1.29, 1.82) is 0 Å². The van der Waals surface area contributed by atoms with E-state index in [4.69, 9.17) is 0 Å². The van der Waals surface area contributed by atoms with Crippen molar-refractivity contribution < 1.29 is 0 Å². The molecule has 1 aliphatic heterocycles. The van der Waals surface area contributed by atoms with Gasteiger partial charge in [0.25, 0.3) is 0 Å². The Bertz CT molecular complexity index is 440. The van der Waals surface area contributed by atoms with Crippen LogP contribution < -0.4 is 5.32 Å². The maximum atomic E-state index is 4.11. The summed E-state index contributed by atoms with van der Waals surface area (Å²) in [5, 5.41) is 11.3. The lowest BCUT2D eigenvalue weighted by atomic mass is 9.89. The molecular formula is C11H14ClN5. The lowest BCUT2D eigenvalue weighted by Crippen LogP contribution is -2.47. The Balaban J connectivity index is 0.00000108. The standard InChI is InChI=1S/C11H13N5.ClH/c1-3-12-4-2-9(1)11(10-7-13-8-10)16-6-5-14-15-16;/h1-6,10-11,13H,7-8H2;1H. The second-order valence-corrected chi connectivity index (χ2v) is 4.03. The molecule has 0 aliphatic carbocycles. The van der Waals surface area contributed by atoms with Crippen LogP contribution in [0.3, 0.4) is 0 Å². The summed E-state index contributed by atoms with van der Waals surface area (Å²) < 4.78 is 1.93. The zero-order valence-corrected chi connectivity index (χ0v) is 10.0. The van der Waals surface area contributed by atoms with Crippen molar-refractivity contribution >= 4 is 12.4 Å². The molecule has 0 aromatic carbocycles. The first-order chi connectivity index (χ1) is 7.95. The van der Waals surface area contributed by atoms with E-state index in [0.717, 1.165) is 13.1 Å². The van der Waals surface area contributed by atoms with Crippen molar-refractivity contribution in [1.82, 2.24) is 25.3 Å². The van der Waals surface area contributed by atoms with Crippen LogP contribution in [0.15, 0.2) is 36.9 Å². The van der Waals surface area contributed by atoms with Crippen LogP contribution in [0.4, 0.5) is 0 Å². The molecule has 1 unspecified atom stereocenters. The van der Waals surface area contributed by atoms with Gasteiger partial charge in [0.05, 0.1) is 12.2 Å². The van der Waals surface area contributed by atoms with E-state index in [2.05, 4.69) is 20.6 Å². The van der Waals surface area contributed by atoms with Gasteiger partial charge in [0.1, 0.15) is 0 Å². The molecule has 3 heterocycles. The summed E-state index contributed by atoms with van der Waals surface area (Å²) in [4.78, 5) is 4.05. The molecule has 6 heteroatoms. The third-order valence-electron chi connectivity index (χ3n) is 3.03. The highest BCUT2D eigenvalue weighted by molar-refractivity contribution is 5.85. The number of hydrogen-bond donors (Lipinski definition) is 1. The molecule has 1 aliphatic rings. The van der Waals surface area contributed by atoms with E-state index in [1.165, 1.54) is 5.56 Å². The maximum Gasteiger partial charge on any atom is 0.0839 e. The first-order valence-electron chi connectivity index (χ1n) is 5.41. The molecule has 2 aromatic rings. The number of nitrogens with one attached hydrogen (secondary N) is 1. The Morgan fingerprint density at radius 2 is 2.00 bits per heavy atom. The lowest BCUT2D eigenvalue weighted by Gasteiger charge is -2.34. The second-order valence-electron chi connectivity index (χ2n) is 4.03. The van der Waals surface area contributed by atoms with Gasteiger partial charge in [-0.3, -0.25) is 4.98 Å². The Morgan fingerprint density at radius 3 is 2.53 bits per heavy atom. The van der Waals surface area contributed by atoms with Crippen LogP contribution >= 0.6 is 12.4 Å². The predicted octanol–water partition coefficient (Wildman–Crippen LogP) is 0.904. The quantitative estimate of drug-likeness (QED) is 0.881. The van der Waals surface area contributed by atoms with Crippen molar-refractivity contribution in [3.8, 4) is 0 Å². The third kappa shape index (κ3) is 2.30. The van der Waals surface area contributed by atoms with Crippen LogP contribution in [-0.4, -0.2) is 33.1 Å². The van der Waals surface area contributed by atoms with E-state index >= 15 is 0 Å². The summed E-state index contributed by atoms with van der Waals surface area (Å²) in [5.74, 6) is 0.587. The molecule has 1 atom stereocenters. The van der Waals surface area contributed by atoms with E-state index in [-0.39, 0.29) is 18.4 Å². The number of pyridine rings is 1. The number of hydrogen-bond acceptors (Lipinski definition) is 4. The van der Waals surface area contributed by atoms with Crippen LogP contribution in [-0.2, 0) is 0 Å². The average Bonchev–Trinajstić information content (AvgIpc) is 2.77. The smallest absolute Gasteiger partial charge is 0.0839 e. The SMILES string of the molecule is Cl.c1cc(C(C2CNC2)n2ccnn2)ccn1. The van der Waals surface area contributed by atoms with Gasteiger partial charge in [0, 0.05) is 37.6 Å². The van der Waals surface area contributed by atoms with Gasteiger partial charge in [-0.05, 0) is 17.7 Å². The topological polar surface area (TPSA) is 55.6 Å². The van der Waals surface area contributed by atoms with Gasteiger partial charge in [-0.15, -0.1) is 17.5 Å². The molecule has 0 bridgehead atoms. The Kier molecular flexibility index (Phi) is 3.71. The normalized spacial score (nSPS) is 16.9. The molecule has 90 valence electrons. The van der Waals surface area contributed by atoms with Gasteiger partial charge >= 0.3 is 0 Å². The largest absolute Gasteiger partial charge is 0.316 e. The molecule has 1 N–H and O–H groups in total. The number of aromatic nitrogens is 4. The van der Waals surface area contributed by atoms with Crippen LogP contribution in [0.2, 0.25) is 0 Å². The molecule has 5 nitrogen and oxygen atoms in total. The fourth-order valence-electron chi connectivity index (χ4n) is 2.10. The van der Waals surface area contributed by atoms with Gasteiger partial charge in [0.15, 0.2) is 0 Å². The van der Waals surface area contributed by atoms with E-state index < -0.39 is 0 Å². The van der Waals surface area contributed by atoms with E-state index in [1.54, 1.807) is 6.20 Å². The second kappa shape index (κ2) is 5.25. The van der Waals surface area contributed by atoms with Crippen LogP contribution in [0.5, 0.6) is 0 Å². The van der Waals surface area contributed by atoms with Crippen LogP contribution in [0.1, 0.15) is 11.6 Å². The molecule has 2 aromatic heterocycles. The molecule has 17 heavy (non-hydrogen) atoms. The van der Waals surface area contributed by atoms with Crippen molar-refractivity contribution in [2.45, 2.75) is 6.04 Å². The van der Waals surface area contributed by atoms with Gasteiger partial charge in [0.2, 0.25) is 0 Å². The summed E-state index contributed by atoms with van der Waals surface area (Å²) in [6.45, 7) is 2.07. The number of nitrogens with zero attached hydrogens (tertiary/aromatic N) is 4. The highest BCUT2D eigenvalue weighted by atomic mass is 35.5. The van der Waals surface area contributed by atoms with Gasteiger partial charge < -0.3 is 5.32 Å². The molecular weight excluding hydrogens is 238 g/mol. The predicted molar refractivity (Wildman–Crippen MR) is 66.0 cm³/mol. The van der Waals surface area contributed by atoms with Crippen molar-refractivity contribution in [2.75, 3.05) is 13.1 Å². The van der Waals surface area contributed by atoms with Crippen LogP contribution in [0, 0.1) is 5.92 Å². The summed E-state index contributed by atoms with van der Waals surface area (Å²) in [5.41, 5.74) is 1.24. The fraction of sp³-hybridized carbons (Fsp3) is 0.364. The molecule has 0 amide bonds.